The quantitative estimate of drug-likeness (QED) is 0.615. The van der Waals surface area contributed by atoms with Crippen molar-refractivity contribution in [2.75, 3.05) is 7.05 Å². The molecule has 0 spiro atoms. The van der Waals surface area contributed by atoms with Gasteiger partial charge in [-0.15, -0.1) is 0 Å². The van der Waals surface area contributed by atoms with Gasteiger partial charge in [0.15, 0.2) is 0 Å². The predicted octanol–water partition coefficient (Wildman–Crippen LogP) is 2.86. The summed E-state index contributed by atoms with van der Waals surface area (Å²) >= 11 is 0. The second-order valence-corrected chi connectivity index (χ2v) is 2.87. The van der Waals surface area contributed by atoms with Crippen LogP contribution in [-0.4, -0.2) is 7.05 Å². The van der Waals surface area contributed by atoms with Gasteiger partial charge in [-0.25, -0.2) is 0 Å². The van der Waals surface area contributed by atoms with Crippen molar-refractivity contribution in [3.63, 3.8) is 0 Å². The van der Waals surface area contributed by atoms with Crippen LogP contribution in [0.25, 0.3) is 0 Å². The lowest BCUT2D eigenvalue weighted by molar-refractivity contribution is 1.03. The molecule has 0 atom stereocenters. The molecule has 0 bridgehead atoms. The lowest BCUT2D eigenvalue weighted by atomic mass is 10.0. The summed E-state index contributed by atoms with van der Waals surface area (Å²) in [4.78, 5) is 0. The van der Waals surface area contributed by atoms with Gasteiger partial charge >= 0.3 is 0 Å². The summed E-state index contributed by atoms with van der Waals surface area (Å²) in [7, 11) is 1.93. The molecule has 0 rings (SSSR count). The highest BCUT2D eigenvalue weighted by atomic mass is 14.8. The normalized spacial score (nSPS) is 14.5. The topological polar surface area (TPSA) is 12.0 Å². The minimum atomic E-state index is 1.14. The Morgan fingerprint density at radius 1 is 1.27 bits per heavy atom. The van der Waals surface area contributed by atoms with Crippen molar-refractivity contribution in [2.24, 2.45) is 0 Å². The fourth-order valence-corrected chi connectivity index (χ4v) is 0.927. The van der Waals surface area contributed by atoms with E-state index in [1.54, 1.807) is 0 Å². The third kappa shape index (κ3) is 3.26. The van der Waals surface area contributed by atoms with Crippen LogP contribution in [0.2, 0.25) is 0 Å². The SMILES string of the molecule is CC/C(C)=C(C)/C(C)=C\NC. The molecule has 0 fully saturated rings. The number of hydrogen-bond donors (Lipinski definition) is 1. The minimum absolute atomic E-state index is 1.14. The first-order valence-corrected chi connectivity index (χ1v) is 4.14. The molecule has 0 aromatic heterocycles. The molecule has 0 aromatic carbocycles. The first kappa shape index (κ1) is 10.3. The number of allylic oxidation sites excluding steroid dienone is 3. The fourth-order valence-electron chi connectivity index (χ4n) is 0.927. The summed E-state index contributed by atoms with van der Waals surface area (Å²) in [6.07, 6.45) is 3.18. The Bertz CT molecular complexity index is 175. The van der Waals surface area contributed by atoms with E-state index >= 15 is 0 Å². The third-order valence-corrected chi connectivity index (χ3v) is 2.12. The Morgan fingerprint density at radius 2 is 1.82 bits per heavy atom. The molecule has 11 heavy (non-hydrogen) atoms. The highest BCUT2D eigenvalue weighted by Gasteiger charge is 1.95. The first-order chi connectivity index (χ1) is 5.13. The molecular formula is C10H19N. The molecule has 0 aliphatic rings. The van der Waals surface area contributed by atoms with Crippen molar-refractivity contribution in [3.8, 4) is 0 Å². The van der Waals surface area contributed by atoms with Crippen molar-refractivity contribution in [1.82, 2.24) is 5.32 Å². The van der Waals surface area contributed by atoms with Crippen LogP contribution in [0.15, 0.2) is 22.9 Å². The summed E-state index contributed by atoms with van der Waals surface area (Å²) in [5, 5.41) is 3.03. The molecule has 0 unspecified atom stereocenters. The molecule has 0 saturated carbocycles. The van der Waals surface area contributed by atoms with E-state index in [0.29, 0.717) is 0 Å². The van der Waals surface area contributed by atoms with E-state index in [9.17, 15) is 0 Å². The average Bonchev–Trinajstić information content (AvgIpc) is 2.02. The molecular weight excluding hydrogens is 134 g/mol. The van der Waals surface area contributed by atoms with Crippen LogP contribution in [0.4, 0.5) is 0 Å². The van der Waals surface area contributed by atoms with Gasteiger partial charge in [-0.3, -0.25) is 0 Å². The maximum absolute atomic E-state index is 3.03. The molecule has 0 saturated heterocycles. The van der Waals surface area contributed by atoms with Crippen LogP contribution in [0, 0.1) is 0 Å². The summed E-state index contributed by atoms with van der Waals surface area (Å²) < 4.78 is 0. The number of rotatable bonds is 3. The zero-order chi connectivity index (χ0) is 8.85. The summed E-state index contributed by atoms with van der Waals surface area (Å²) in [5.74, 6) is 0. The van der Waals surface area contributed by atoms with Gasteiger partial charge in [0.25, 0.3) is 0 Å². The van der Waals surface area contributed by atoms with Gasteiger partial charge in [0, 0.05) is 7.05 Å². The van der Waals surface area contributed by atoms with Crippen LogP contribution < -0.4 is 5.32 Å². The second-order valence-electron chi connectivity index (χ2n) is 2.87. The van der Waals surface area contributed by atoms with Gasteiger partial charge in [-0.1, -0.05) is 12.5 Å². The summed E-state index contributed by atoms with van der Waals surface area (Å²) in [6, 6.07) is 0. The van der Waals surface area contributed by atoms with E-state index < -0.39 is 0 Å². The smallest absolute Gasteiger partial charge is 0.00278 e. The minimum Gasteiger partial charge on any atom is -0.394 e. The maximum Gasteiger partial charge on any atom is 0.00278 e. The zero-order valence-electron chi connectivity index (χ0n) is 8.28. The van der Waals surface area contributed by atoms with Gasteiger partial charge in [0.05, 0.1) is 0 Å². The number of hydrogen-bond acceptors (Lipinski definition) is 1. The van der Waals surface area contributed by atoms with Crippen LogP contribution in [-0.2, 0) is 0 Å². The van der Waals surface area contributed by atoms with Crippen LogP contribution in [0.5, 0.6) is 0 Å². The van der Waals surface area contributed by atoms with Gasteiger partial charge in [-0.05, 0) is 44.5 Å². The Labute approximate surface area is 70.2 Å². The third-order valence-electron chi connectivity index (χ3n) is 2.12. The molecule has 1 nitrogen and oxygen atoms in total. The molecule has 64 valence electrons. The monoisotopic (exact) mass is 153 g/mol. The number of nitrogens with one attached hydrogen (secondary N) is 1. The highest BCUT2D eigenvalue weighted by molar-refractivity contribution is 5.30. The van der Waals surface area contributed by atoms with Gasteiger partial charge in [0.2, 0.25) is 0 Å². The Kier molecular flexibility index (Phi) is 4.67. The van der Waals surface area contributed by atoms with E-state index in [0.717, 1.165) is 6.42 Å². The van der Waals surface area contributed by atoms with Crippen LogP contribution in [0.1, 0.15) is 34.1 Å². The van der Waals surface area contributed by atoms with E-state index in [1.807, 2.05) is 13.2 Å². The lowest BCUT2D eigenvalue weighted by Crippen LogP contribution is -1.96. The Hall–Kier alpha value is -0.720. The van der Waals surface area contributed by atoms with Crippen LogP contribution in [0.3, 0.4) is 0 Å². The van der Waals surface area contributed by atoms with E-state index in [2.05, 4.69) is 33.0 Å². The Morgan fingerprint density at radius 3 is 2.18 bits per heavy atom. The standard InChI is InChI=1S/C10H19N/c1-6-8(2)10(4)9(3)7-11-5/h7,11H,6H2,1-5H3/b9-7-,10-8+. The fraction of sp³-hybridized carbons (Fsp3) is 0.600. The van der Waals surface area contributed by atoms with Crippen LogP contribution >= 0.6 is 0 Å². The highest BCUT2D eigenvalue weighted by Crippen LogP contribution is 2.14. The largest absolute Gasteiger partial charge is 0.394 e. The maximum atomic E-state index is 3.03. The van der Waals surface area contributed by atoms with Crippen molar-refractivity contribution in [3.05, 3.63) is 22.9 Å². The van der Waals surface area contributed by atoms with Gasteiger partial charge < -0.3 is 5.32 Å². The first-order valence-electron chi connectivity index (χ1n) is 4.14. The summed E-state index contributed by atoms with van der Waals surface area (Å²) in [5.41, 5.74) is 4.20. The average molecular weight is 153 g/mol. The Balaban J connectivity index is 4.46. The predicted molar refractivity (Wildman–Crippen MR) is 51.5 cm³/mol. The van der Waals surface area contributed by atoms with Gasteiger partial charge in [-0.2, -0.15) is 0 Å². The molecule has 0 amide bonds. The van der Waals surface area contributed by atoms with Crippen molar-refractivity contribution in [1.29, 1.82) is 0 Å². The molecule has 0 aromatic rings. The molecule has 0 aliphatic carbocycles. The molecule has 0 aliphatic heterocycles. The van der Waals surface area contributed by atoms with Gasteiger partial charge in [0.1, 0.15) is 0 Å². The molecule has 0 heterocycles. The molecule has 1 N–H and O–H groups in total. The van der Waals surface area contributed by atoms with Crippen molar-refractivity contribution in [2.45, 2.75) is 34.1 Å². The van der Waals surface area contributed by atoms with Crippen molar-refractivity contribution >= 4 is 0 Å². The van der Waals surface area contributed by atoms with E-state index in [1.165, 1.54) is 16.7 Å². The van der Waals surface area contributed by atoms with E-state index in [-0.39, 0.29) is 0 Å². The molecule has 1 heteroatoms. The zero-order valence-corrected chi connectivity index (χ0v) is 8.28. The summed E-state index contributed by atoms with van der Waals surface area (Å²) in [6.45, 7) is 8.67. The van der Waals surface area contributed by atoms with Crippen molar-refractivity contribution < 1.29 is 0 Å². The molecule has 0 radical (unpaired) electrons. The lowest BCUT2D eigenvalue weighted by Gasteiger charge is -2.05. The van der Waals surface area contributed by atoms with E-state index in [4.69, 9.17) is 0 Å². The second kappa shape index (κ2) is 5.00.